The minimum Gasteiger partial charge on any atom is -0.317 e. The molecule has 0 aliphatic carbocycles. The first-order valence-electron chi connectivity index (χ1n) is 7.20. The van der Waals surface area contributed by atoms with Crippen LogP contribution in [0.4, 0.5) is 0 Å². The van der Waals surface area contributed by atoms with Gasteiger partial charge in [0.25, 0.3) is 0 Å². The molecule has 0 spiro atoms. The van der Waals surface area contributed by atoms with Gasteiger partial charge >= 0.3 is 0 Å². The Labute approximate surface area is 113 Å². The molecular weight excluding hydrogens is 232 g/mol. The minimum absolute atomic E-state index is 0. The predicted octanol–water partition coefficient (Wildman–Crippen LogP) is 2.92. The van der Waals surface area contributed by atoms with Gasteiger partial charge in [0.1, 0.15) is 0 Å². The van der Waals surface area contributed by atoms with Crippen LogP contribution in [0.1, 0.15) is 46.0 Å². The third-order valence-electron chi connectivity index (χ3n) is 4.44. The van der Waals surface area contributed by atoms with E-state index in [1.165, 1.54) is 58.3 Å². The van der Waals surface area contributed by atoms with Crippen LogP contribution in [0.15, 0.2) is 0 Å². The molecule has 102 valence electrons. The lowest BCUT2D eigenvalue weighted by Gasteiger charge is -2.34. The number of hydrogen-bond acceptors (Lipinski definition) is 2. The summed E-state index contributed by atoms with van der Waals surface area (Å²) >= 11 is 0. The molecule has 2 heterocycles. The summed E-state index contributed by atoms with van der Waals surface area (Å²) in [5, 5.41) is 3.47. The molecule has 0 bridgehead atoms. The van der Waals surface area contributed by atoms with E-state index in [1.54, 1.807) is 0 Å². The molecule has 1 N–H and O–H groups in total. The molecule has 0 radical (unpaired) electrons. The van der Waals surface area contributed by atoms with Crippen molar-refractivity contribution in [3.05, 3.63) is 0 Å². The lowest BCUT2D eigenvalue weighted by Crippen LogP contribution is -2.41. The lowest BCUT2D eigenvalue weighted by molar-refractivity contribution is 0.150. The second-order valence-electron chi connectivity index (χ2n) is 6.03. The van der Waals surface area contributed by atoms with E-state index in [2.05, 4.69) is 24.1 Å². The van der Waals surface area contributed by atoms with E-state index in [-0.39, 0.29) is 12.4 Å². The molecular formula is C14H29ClN2. The highest BCUT2D eigenvalue weighted by molar-refractivity contribution is 5.85. The Hall–Kier alpha value is 0.210. The predicted molar refractivity (Wildman–Crippen MR) is 76.9 cm³/mol. The van der Waals surface area contributed by atoms with E-state index in [4.69, 9.17) is 0 Å². The van der Waals surface area contributed by atoms with Gasteiger partial charge in [0, 0.05) is 19.1 Å². The van der Waals surface area contributed by atoms with Gasteiger partial charge in [-0.25, -0.2) is 0 Å². The average Bonchev–Trinajstić information content (AvgIpc) is 2.43. The summed E-state index contributed by atoms with van der Waals surface area (Å²) in [7, 11) is 0. The van der Waals surface area contributed by atoms with Gasteiger partial charge in [-0.15, -0.1) is 12.4 Å². The van der Waals surface area contributed by atoms with Crippen molar-refractivity contribution in [1.82, 2.24) is 10.2 Å². The fourth-order valence-electron chi connectivity index (χ4n) is 3.27. The third-order valence-corrected chi connectivity index (χ3v) is 4.44. The smallest absolute Gasteiger partial charge is 0.00671 e. The van der Waals surface area contributed by atoms with E-state index in [0.29, 0.717) is 0 Å². The van der Waals surface area contributed by atoms with Gasteiger partial charge in [0.2, 0.25) is 0 Å². The monoisotopic (exact) mass is 260 g/mol. The molecule has 0 saturated carbocycles. The highest BCUT2D eigenvalue weighted by Gasteiger charge is 2.24. The molecule has 2 unspecified atom stereocenters. The van der Waals surface area contributed by atoms with Crippen molar-refractivity contribution < 1.29 is 0 Å². The number of likely N-dealkylation sites (tertiary alicyclic amines) is 1. The number of halogens is 1. The molecule has 0 aromatic heterocycles. The molecule has 2 aliphatic rings. The van der Waals surface area contributed by atoms with Gasteiger partial charge in [-0.2, -0.15) is 0 Å². The summed E-state index contributed by atoms with van der Waals surface area (Å²) in [6.07, 6.45) is 7.06. The minimum atomic E-state index is 0. The van der Waals surface area contributed by atoms with E-state index in [0.717, 1.165) is 17.9 Å². The van der Waals surface area contributed by atoms with Gasteiger partial charge < -0.3 is 10.2 Å². The van der Waals surface area contributed by atoms with Crippen molar-refractivity contribution in [2.24, 2.45) is 11.8 Å². The second kappa shape index (κ2) is 7.60. The van der Waals surface area contributed by atoms with Gasteiger partial charge in [0.15, 0.2) is 0 Å². The van der Waals surface area contributed by atoms with Gasteiger partial charge in [-0.1, -0.05) is 13.3 Å². The zero-order chi connectivity index (χ0) is 11.4. The molecule has 2 saturated heterocycles. The fraction of sp³-hybridized carbons (Fsp3) is 1.00. The maximum atomic E-state index is 3.47. The van der Waals surface area contributed by atoms with Crippen LogP contribution >= 0.6 is 12.4 Å². The number of rotatable bonds is 2. The summed E-state index contributed by atoms with van der Waals surface area (Å²) < 4.78 is 0. The Bertz CT molecular complexity index is 204. The Morgan fingerprint density at radius 3 is 2.47 bits per heavy atom. The van der Waals surface area contributed by atoms with E-state index in [1.807, 2.05) is 0 Å². The highest BCUT2D eigenvalue weighted by Crippen LogP contribution is 2.23. The standard InChI is InChI=1S/C14H28N2.ClH/c1-12-4-3-5-13(2)16(10-12)11-14-6-8-15-9-7-14;/h12-15H,3-11H2,1-2H3;1H. The maximum absolute atomic E-state index is 3.47. The second-order valence-corrected chi connectivity index (χ2v) is 6.03. The molecule has 2 aliphatic heterocycles. The topological polar surface area (TPSA) is 15.3 Å². The van der Waals surface area contributed by atoms with Crippen molar-refractivity contribution in [3.63, 3.8) is 0 Å². The molecule has 3 heteroatoms. The van der Waals surface area contributed by atoms with Gasteiger partial charge in [-0.3, -0.25) is 0 Å². The Kier molecular flexibility index (Phi) is 6.83. The molecule has 2 fully saturated rings. The molecule has 2 nitrogen and oxygen atoms in total. The third kappa shape index (κ3) is 4.76. The van der Waals surface area contributed by atoms with Crippen LogP contribution in [0, 0.1) is 11.8 Å². The van der Waals surface area contributed by atoms with E-state index in [9.17, 15) is 0 Å². The summed E-state index contributed by atoms with van der Waals surface area (Å²) in [6.45, 7) is 10.0. The summed E-state index contributed by atoms with van der Waals surface area (Å²) in [4.78, 5) is 2.77. The fourth-order valence-corrected chi connectivity index (χ4v) is 3.27. The SMILES string of the molecule is CC1CCCC(C)N(CC2CCNCC2)C1.Cl. The molecule has 0 aromatic carbocycles. The van der Waals surface area contributed by atoms with Crippen molar-refractivity contribution >= 4 is 12.4 Å². The Morgan fingerprint density at radius 2 is 1.76 bits per heavy atom. The zero-order valence-electron chi connectivity index (χ0n) is 11.5. The Morgan fingerprint density at radius 1 is 1.06 bits per heavy atom. The van der Waals surface area contributed by atoms with E-state index >= 15 is 0 Å². The first-order chi connectivity index (χ1) is 7.75. The highest BCUT2D eigenvalue weighted by atomic mass is 35.5. The number of nitrogens with one attached hydrogen (secondary N) is 1. The average molecular weight is 261 g/mol. The van der Waals surface area contributed by atoms with Gasteiger partial charge in [-0.05, 0) is 57.5 Å². The molecule has 17 heavy (non-hydrogen) atoms. The largest absolute Gasteiger partial charge is 0.317 e. The quantitative estimate of drug-likeness (QED) is 0.821. The van der Waals surface area contributed by atoms with Crippen molar-refractivity contribution in [3.8, 4) is 0 Å². The van der Waals surface area contributed by atoms with Crippen molar-refractivity contribution in [2.75, 3.05) is 26.2 Å². The number of hydrogen-bond donors (Lipinski definition) is 1. The number of piperidine rings is 1. The van der Waals surface area contributed by atoms with Crippen molar-refractivity contribution in [1.29, 1.82) is 0 Å². The summed E-state index contributed by atoms with van der Waals surface area (Å²) in [6, 6.07) is 0.819. The zero-order valence-corrected chi connectivity index (χ0v) is 12.3. The van der Waals surface area contributed by atoms with Crippen LogP contribution in [0.3, 0.4) is 0 Å². The normalized spacial score (nSPS) is 32.8. The molecule has 0 amide bonds. The van der Waals surface area contributed by atoms with Crippen LogP contribution in [-0.4, -0.2) is 37.1 Å². The van der Waals surface area contributed by atoms with E-state index < -0.39 is 0 Å². The van der Waals surface area contributed by atoms with Crippen LogP contribution < -0.4 is 5.32 Å². The maximum Gasteiger partial charge on any atom is 0.00671 e. The molecule has 2 rings (SSSR count). The van der Waals surface area contributed by atoms with Crippen LogP contribution in [0.2, 0.25) is 0 Å². The van der Waals surface area contributed by atoms with Crippen molar-refractivity contribution in [2.45, 2.75) is 52.0 Å². The number of nitrogens with zero attached hydrogens (tertiary/aromatic N) is 1. The van der Waals surface area contributed by atoms with Crippen LogP contribution in [0.25, 0.3) is 0 Å². The Balaban J connectivity index is 0.00000144. The first-order valence-corrected chi connectivity index (χ1v) is 7.20. The molecule has 2 atom stereocenters. The lowest BCUT2D eigenvalue weighted by atomic mass is 9.96. The summed E-state index contributed by atoms with van der Waals surface area (Å²) in [5.41, 5.74) is 0. The first kappa shape index (κ1) is 15.3. The molecule has 0 aromatic rings. The van der Waals surface area contributed by atoms with Gasteiger partial charge in [0.05, 0.1) is 0 Å². The van der Waals surface area contributed by atoms with Crippen LogP contribution in [0.5, 0.6) is 0 Å². The summed E-state index contributed by atoms with van der Waals surface area (Å²) in [5.74, 6) is 1.86. The van der Waals surface area contributed by atoms with Crippen LogP contribution in [-0.2, 0) is 0 Å².